The van der Waals surface area contributed by atoms with Gasteiger partial charge in [-0.2, -0.15) is 0 Å². The zero-order valence-electron chi connectivity index (χ0n) is 12.0. The molecule has 0 aromatic heterocycles. The second kappa shape index (κ2) is 6.33. The lowest BCUT2D eigenvalue weighted by atomic mass is 9.85. The molecule has 4 nitrogen and oxygen atoms in total. The van der Waals surface area contributed by atoms with Crippen LogP contribution >= 0.6 is 0 Å². The summed E-state index contributed by atoms with van der Waals surface area (Å²) in [6.07, 6.45) is 4.75. The van der Waals surface area contributed by atoms with Crippen molar-refractivity contribution in [1.29, 1.82) is 0 Å². The molecule has 0 radical (unpaired) electrons. The van der Waals surface area contributed by atoms with E-state index in [4.69, 9.17) is 10.5 Å². The summed E-state index contributed by atoms with van der Waals surface area (Å²) in [5.41, 5.74) is 6.28. The molecule has 0 aliphatic carbocycles. The van der Waals surface area contributed by atoms with Gasteiger partial charge in [-0.15, -0.1) is 0 Å². The van der Waals surface area contributed by atoms with Gasteiger partial charge in [0.25, 0.3) is 0 Å². The van der Waals surface area contributed by atoms with Crippen LogP contribution in [-0.4, -0.2) is 67.8 Å². The molecule has 4 heteroatoms. The van der Waals surface area contributed by atoms with Crippen LogP contribution in [0.2, 0.25) is 0 Å². The molecule has 2 rings (SSSR count). The van der Waals surface area contributed by atoms with Crippen LogP contribution < -0.4 is 5.73 Å². The van der Waals surface area contributed by atoms with Crippen LogP contribution in [0.4, 0.5) is 0 Å². The smallest absolute Gasteiger partial charge is 0.0484 e. The molecule has 0 aromatic rings. The summed E-state index contributed by atoms with van der Waals surface area (Å²) in [5, 5.41) is 0. The summed E-state index contributed by atoms with van der Waals surface area (Å²) < 4.78 is 5.51. The Hall–Kier alpha value is -0.160. The zero-order valence-corrected chi connectivity index (χ0v) is 12.0. The van der Waals surface area contributed by atoms with E-state index in [9.17, 15) is 0 Å². The van der Waals surface area contributed by atoms with E-state index in [1.165, 1.54) is 32.5 Å². The molecule has 2 aliphatic rings. The third-order valence-corrected chi connectivity index (χ3v) is 5.10. The largest absolute Gasteiger partial charge is 0.381 e. The van der Waals surface area contributed by atoms with Crippen molar-refractivity contribution in [1.82, 2.24) is 9.80 Å². The Morgan fingerprint density at radius 3 is 2.39 bits per heavy atom. The fourth-order valence-electron chi connectivity index (χ4n) is 3.46. The molecule has 0 saturated carbocycles. The molecule has 0 atom stereocenters. The normalized spacial score (nSPS) is 26.7. The zero-order chi connectivity index (χ0) is 13.0. The van der Waals surface area contributed by atoms with Crippen molar-refractivity contribution in [3.05, 3.63) is 0 Å². The molecule has 2 aliphatic heterocycles. The predicted octanol–water partition coefficient (Wildman–Crippen LogP) is 0.910. The Kier molecular flexibility index (Phi) is 5.01. The van der Waals surface area contributed by atoms with E-state index in [1.807, 2.05) is 0 Å². The number of nitrogens with two attached hydrogens (primary N) is 1. The molecule has 2 heterocycles. The highest BCUT2D eigenvalue weighted by Crippen LogP contribution is 2.30. The number of rotatable bonds is 4. The van der Waals surface area contributed by atoms with E-state index in [0.717, 1.165) is 32.6 Å². The molecule has 0 bridgehead atoms. The van der Waals surface area contributed by atoms with Gasteiger partial charge in [-0.3, -0.25) is 4.90 Å². The van der Waals surface area contributed by atoms with Crippen molar-refractivity contribution in [2.75, 3.05) is 46.4 Å². The number of likely N-dealkylation sites (tertiary alicyclic amines) is 1. The standard InChI is InChI=1S/C14H29N3O/c1-3-17-8-4-13(5-9-17)16(2)14(12-15)6-10-18-11-7-14/h13H,3-12,15H2,1-2H3. The van der Waals surface area contributed by atoms with Crippen molar-refractivity contribution < 1.29 is 4.74 Å². The number of piperidine rings is 1. The number of likely N-dealkylation sites (N-methyl/N-ethyl adjacent to an activating group) is 1. The van der Waals surface area contributed by atoms with Crippen LogP contribution in [0.5, 0.6) is 0 Å². The number of nitrogens with zero attached hydrogens (tertiary/aromatic N) is 2. The Bertz CT molecular complexity index is 245. The lowest BCUT2D eigenvalue weighted by Crippen LogP contribution is -2.60. The lowest BCUT2D eigenvalue weighted by molar-refractivity contribution is -0.0410. The summed E-state index contributed by atoms with van der Waals surface area (Å²) in [7, 11) is 2.28. The maximum absolute atomic E-state index is 6.09. The maximum Gasteiger partial charge on any atom is 0.0484 e. The molecule has 0 amide bonds. The van der Waals surface area contributed by atoms with Crippen molar-refractivity contribution in [2.24, 2.45) is 5.73 Å². The van der Waals surface area contributed by atoms with Gasteiger partial charge in [-0.1, -0.05) is 6.92 Å². The van der Waals surface area contributed by atoms with Gasteiger partial charge in [0.2, 0.25) is 0 Å². The van der Waals surface area contributed by atoms with Gasteiger partial charge in [-0.25, -0.2) is 0 Å². The molecule has 0 aromatic carbocycles. The van der Waals surface area contributed by atoms with E-state index in [-0.39, 0.29) is 5.54 Å². The van der Waals surface area contributed by atoms with Crippen molar-refractivity contribution in [3.8, 4) is 0 Å². The van der Waals surface area contributed by atoms with Crippen LogP contribution in [0.15, 0.2) is 0 Å². The first-order valence-electron chi connectivity index (χ1n) is 7.45. The Labute approximate surface area is 111 Å². The molecular formula is C14H29N3O. The molecule has 2 saturated heterocycles. The van der Waals surface area contributed by atoms with Gasteiger partial charge in [0, 0.05) is 31.3 Å². The monoisotopic (exact) mass is 255 g/mol. The summed E-state index contributed by atoms with van der Waals surface area (Å²) in [5.74, 6) is 0. The maximum atomic E-state index is 6.09. The highest BCUT2D eigenvalue weighted by Gasteiger charge is 2.39. The first-order chi connectivity index (χ1) is 8.72. The Morgan fingerprint density at radius 2 is 1.89 bits per heavy atom. The van der Waals surface area contributed by atoms with E-state index < -0.39 is 0 Å². The van der Waals surface area contributed by atoms with Crippen molar-refractivity contribution in [3.63, 3.8) is 0 Å². The highest BCUT2D eigenvalue weighted by molar-refractivity contribution is 4.96. The van der Waals surface area contributed by atoms with Gasteiger partial charge < -0.3 is 15.4 Å². The van der Waals surface area contributed by atoms with E-state index >= 15 is 0 Å². The van der Waals surface area contributed by atoms with Crippen molar-refractivity contribution in [2.45, 2.75) is 44.2 Å². The number of ether oxygens (including phenoxy) is 1. The van der Waals surface area contributed by atoms with Gasteiger partial charge >= 0.3 is 0 Å². The van der Waals surface area contributed by atoms with Crippen LogP contribution in [-0.2, 0) is 4.74 Å². The predicted molar refractivity (Wildman–Crippen MR) is 74.7 cm³/mol. The fourth-order valence-corrected chi connectivity index (χ4v) is 3.46. The van der Waals surface area contributed by atoms with Crippen molar-refractivity contribution >= 4 is 0 Å². The molecule has 0 unspecified atom stereocenters. The van der Waals surface area contributed by atoms with Crippen LogP contribution in [0, 0.1) is 0 Å². The number of hydrogen-bond donors (Lipinski definition) is 1. The van der Waals surface area contributed by atoms with Crippen LogP contribution in [0.25, 0.3) is 0 Å². The summed E-state index contributed by atoms with van der Waals surface area (Å²) in [4.78, 5) is 5.13. The minimum absolute atomic E-state index is 0.192. The average molecular weight is 255 g/mol. The minimum Gasteiger partial charge on any atom is -0.381 e. The van der Waals surface area contributed by atoms with Gasteiger partial charge in [0.15, 0.2) is 0 Å². The second-order valence-electron chi connectivity index (χ2n) is 5.82. The summed E-state index contributed by atoms with van der Waals surface area (Å²) in [6, 6.07) is 0.703. The van der Waals surface area contributed by atoms with Crippen LogP contribution in [0.1, 0.15) is 32.6 Å². The van der Waals surface area contributed by atoms with Gasteiger partial charge in [0.05, 0.1) is 0 Å². The molecule has 106 valence electrons. The Balaban J connectivity index is 1.94. The highest BCUT2D eigenvalue weighted by atomic mass is 16.5. The lowest BCUT2D eigenvalue weighted by Gasteiger charge is -2.49. The molecular weight excluding hydrogens is 226 g/mol. The minimum atomic E-state index is 0.192. The van der Waals surface area contributed by atoms with Gasteiger partial charge in [-0.05, 0) is 52.4 Å². The Morgan fingerprint density at radius 1 is 1.28 bits per heavy atom. The topological polar surface area (TPSA) is 41.7 Å². The first kappa shape index (κ1) is 14.3. The molecule has 2 N–H and O–H groups in total. The fraction of sp³-hybridized carbons (Fsp3) is 1.00. The summed E-state index contributed by atoms with van der Waals surface area (Å²) >= 11 is 0. The van der Waals surface area contributed by atoms with E-state index in [0.29, 0.717) is 6.04 Å². The first-order valence-corrected chi connectivity index (χ1v) is 7.45. The third-order valence-electron chi connectivity index (χ3n) is 5.10. The quantitative estimate of drug-likeness (QED) is 0.811. The SMILES string of the molecule is CCN1CCC(N(C)C2(CN)CCOCC2)CC1. The molecule has 18 heavy (non-hydrogen) atoms. The average Bonchev–Trinajstić information content (AvgIpc) is 2.47. The number of hydrogen-bond acceptors (Lipinski definition) is 4. The third kappa shape index (κ3) is 2.87. The van der Waals surface area contributed by atoms with E-state index in [1.54, 1.807) is 0 Å². The van der Waals surface area contributed by atoms with Crippen LogP contribution in [0.3, 0.4) is 0 Å². The molecule has 2 fully saturated rings. The summed E-state index contributed by atoms with van der Waals surface area (Å²) in [6.45, 7) is 8.42. The van der Waals surface area contributed by atoms with Gasteiger partial charge in [0.1, 0.15) is 0 Å². The van der Waals surface area contributed by atoms with E-state index in [2.05, 4.69) is 23.8 Å². The second-order valence-corrected chi connectivity index (χ2v) is 5.82. The molecule has 0 spiro atoms.